The fourth-order valence-corrected chi connectivity index (χ4v) is 3.66. The van der Waals surface area contributed by atoms with E-state index in [-0.39, 0.29) is 18.5 Å². The summed E-state index contributed by atoms with van der Waals surface area (Å²) < 4.78 is 13.7. The van der Waals surface area contributed by atoms with Crippen LogP contribution >= 0.6 is 12.4 Å². The van der Waals surface area contributed by atoms with E-state index < -0.39 is 6.10 Å². The first kappa shape index (κ1) is 20.6. The van der Waals surface area contributed by atoms with E-state index in [1.54, 1.807) is 0 Å². The second-order valence-electron chi connectivity index (χ2n) is 7.24. The van der Waals surface area contributed by atoms with E-state index in [9.17, 15) is 5.11 Å². The maximum atomic E-state index is 10.3. The van der Waals surface area contributed by atoms with Crippen LogP contribution in [0, 0.1) is 6.92 Å². The van der Waals surface area contributed by atoms with Crippen LogP contribution < -0.4 is 0 Å². The Balaban J connectivity index is 0.00000225. The second kappa shape index (κ2) is 10.5. The van der Waals surface area contributed by atoms with Crippen molar-refractivity contribution in [2.24, 2.45) is 0 Å². The SMILES string of the molecule is Cc1cnn(CC2CN(CC(O)COC3CCCCC3)CCO2)c1.Cl. The zero-order valence-electron chi connectivity index (χ0n) is 15.2. The van der Waals surface area contributed by atoms with Crippen molar-refractivity contribution in [1.29, 1.82) is 0 Å². The lowest BCUT2D eigenvalue weighted by Crippen LogP contribution is -2.47. The van der Waals surface area contributed by atoms with Crippen LogP contribution in [-0.2, 0) is 16.0 Å². The predicted molar refractivity (Wildman–Crippen MR) is 99.2 cm³/mol. The summed E-state index contributed by atoms with van der Waals surface area (Å²) in [7, 11) is 0. The van der Waals surface area contributed by atoms with Crippen LogP contribution in [0.4, 0.5) is 0 Å². The number of aromatic nitrogens is 2. The van der Waals surface area contributed by atoms with Crippen molar-refractivity contribution in [1.82, 2.24) is 14.7 Å². The van der Waals surface area contributed by atoms with Crippen molar-refractivity contribution in [3.8, 4) is 0 Å². The number of aliphatic hydroxyl groups excluding tert-OH is 1. The maximum absolute atomic E-state index is 10.3. The van der Waals surface area contributed by atoms with Gasteiger partial charge < -0.3 is 14.6 Å². The highest BCUT2D eigenvalue weighted by molar-refractivity contribution is 5.85. The first-order chi connectivity index (χ1) is 11.7. The quantitative estimate of drug-likeness (QED) is 0.792. The minimum absolute atomic E-state index is 0. The van der Waals surface area contributed by atoms with Gasteiger partial charge in [0.15, 0.2) is 0 Å². The number of ether oxygens (including phenoxy) is 2. The van der Waals surface area contributed by atoms with Crippen LogP contribution in [0.5, 0.6) is 0 Å². The molecule has 6 nitrogen and oxygen atoms in total. The molecule has 1 aromatic rings. The van der Waals surface area contributed by atoms with Crippen molar-refractivity contribution in [3.05, 3.63) is 18.0 Å². The Hall–Kier alpha value is -0.660. The number of β-amino-alcohol motifs (C(OH)–C–C–N with tert-alkyl or cyclic N) is 1. The summed E-state index contributed by atoms with van der Waals surface area (Å²) in [6.45, 7) is 6.32. The van der Waals surface area contributed by atoms with Crippen LogP contribution in [0.15, 0.2) is 12.4 Å². The van der Waals surface area contributed by atoms with Gasteiger partial charge in [0.2, 0.25) is 0 Å². The van der Waals surface area contributed by atoms with Gasteiger partial charge in [0.1, 0.15) is 0 Å². The Bertz CT molecular complexity index is 494. The van der Waals surface area contributed by atoms with E-state index in [1.807, 2.05) is 24.0 Å². The van der Waals surface area contributed by atoms with Crippen LogP contribution in [0.1, 0.15) is 37.7 Å². The van der Waals surface area contributed by atoms with Gasteiger partial charge in [0, 0.05) is 25.8 Å². The summed E-state index contributed by atoms with van der Waals surface area (Å²) in [6, 6.07) is 0. The lowest BCUT2D eigenvalue weighted by Gasteiger charge is -2.34. The fraction of sp³-hybridized carbons (Fsp3) is 0.833. The molecule has 0 bridgehead atoms. The van der Waals surface area contributed by atoms with E-state index >= 15 is 0 Å². The summed E-state index contributed by atoms with van der Waals surface area (Å²) in [5, 5.41) is 14.6. The van der Waals surface area contributed by atoms with Crippen molar-refractivity contribution in [2.75, 3.05) is 32.8 Å². The molecular formula is C18H32ClN3O3. The van der Waals surface area contributed by atoms with Gasteiger partial charge in [-0.25, -0.2) is 0 Å². The molecule has 25 heavy (non-hydrogen) atoms. The molecule has 3 rings (SSSR count). The number of halogens is 1. The molecule has 1 saturated heterocycles. The first-order valence-electron chi connectivity index (χ1n) is 9.32. The molecule has 2 heterocycles. The molecule has 2 fully saturated rings. The molecule has 2 atom stereocenters. The molecular weight excluding hydrogens is 342 g/mol. The second-order valence-corrected chi connectivity index (χ2v) is 7.24. The molecule has 0 radical (unpaired) electrons. The van der Waals surface area contributed by atoms with E-state index in [4.69, 9.17) is 9.47 Å². The van der Waals surface area contributed by atoms with E-state index in [0.29, 0.717) is 25.9 Å². The topological polar surface area (TPSA) is 59.8 Å². The summed E-state index contributed by atoms with van der Waals surface area (Å²) >= 11 is 0. The smallest absolute Gasteiger partial charge is 0.0900 e. The predicted octanol–water partition coefficient (Wildman–Crippen LogP) is 2.02. The molecule has 7 heteroatoms. The number of aliphatic hydroxyl groups is 1. The molecule has 2 unspecified atom stereocenters. The zero-order chi connectivity index (χ0) is 16.8. The average Bonchev–Trinajstić information content (AvgIpc) is 2.99. The number of hydrogen-bond donors (Lipinski definition) is 1. The molecule has 2 aliphatic rings. The third-order valence-electron chi connectivity index (χ3n) is 4.92. The minimum atomic E-state index is -0.419. The first-order valence-corrected chi connectivity index (χ1v) is 9.32. The molecule has 144 valence electrons. The third-order valence-corrected chi connectivity index (χ3v) is 4.92. The summed E-state index contributed by atoms with van der Waals surface area (Å²) in [4.78, 5) is 2.28. The monoisotopic (exact) mass is 373 g/mol. The number of aryl methyl sites for hydroxylation is 1. The van der Waals surface area contributed by atoms with Gasteiger partial charge in [-0.2, -0.15) is 5.10 Å². The molecule has 1 saturated carbocycles. The number of rotatable bonds is 7. The van der Waals surface area contributed by atoms with Crippen molar-refractivity contribution < 1.29 is 14.6 Å². The number of morpholine rings is 1. The van der Waals surface area contributed by atoms with Gasteiger partial charge in [-0.3, -0.25) is 9.58 Å². The molecule has 0 spiro atoms. The Morgan fingerprint density at radius 2 is 2.16 bits per heavy atom. The maximum Gasteiger partial charge on any atom is 0.0900 e. The van der Waals surface area contributed by atoms with Gasteiger partial charge in [-0.05, 0) is 25.3 Å². The molecule has 0 aromatic carbocycles. The van der Waals surface area contributed by atoms with Crippen molar-refractivity contribution in [3.63, 3.8) is 0 Å². The van der Waals surface area contributed by atoms with E-state index in [0.717, 1.165) is 38.0 Å². The number of hydrogen-bond acceptors (Lipinski definition) is 5. The highest BCUT2D eigenvalue weighted by Gasteiger charge is 2.23. The normalized spacial score (nSPS) is 24.0. The van der Waals surface area contributed by atoms with Crippen LogP contribution in [0.2, 0.25) is 0 Å². The Kier molecular flexibility index (Phi) is 8.66. The summed E-state index contributed by atoms with van der Waals surface area (Å²) in [6.07, 6.45) is 10.1. The Morgan fingerprint density at radius 1 is 1.36 bits per heavy atom. The van der Waals surface area contributed by atoms with E-state index in [1.165, 1.54) is 19.3 Å². The van der Waals surface area contributed by atoms with Gasteiger partial charge in [-0.15, -0.1) is 12.4 Å². The van der Waals surface area contributed by atoms with Gasteiger partial charge in [0.05, 0.1) is 44.3 Å². The molecule has 0 amide bonds. The third kappa shape index (κ3) is 6.87. The molecule has 1 aliphatic carbocycles. The average molecular weight is 374 g/mol. The fourth-order valence-electron chi connectivity index (χ4n) is 3.66. The lowest BCUT2D eigenvalue weighted by molar-refractivity contribution is -0.0677. The standard InChI is InChI=1S/C18H31N3O3.ClH/c1-15-9-19-21(10-15)13-18-12-20(7-8-23-18)11-16(22)14-24-17-5-3-2-4-6-17;/h9-10,16-18,22H,2-8,11-14H2,1H3;1H. The van der Waals surface area contributed by atoms with Gasteiger partial charge in [-0.1, -0.05) is 19.3 Å². The van der Waals surface area contributed by atoms with Gasteiger partial charge >= 0.3 is 0 Å². The van der Waals surface area contributed by atoms with E-state index in [2.05, 4.69) is 10.00 Å². The molecule has 1 N–H and O–H groups in total. The highest BCUT2D eigenvalue weighted by Crippen LogP contribution is 2.20. The van der Waals surface area contributed by atoms with Crippen LogP contribution in [-0.4, -0.2) is 70.9 Å². The van der Waals surface area contributed by atoms with Crippen LogP contribution in [0.25, 0.3) is 0 Å². The summed E-state index contributed by atoms with van der Waals surface area (Å²) in [5.74, 6) is 0. The summed E-state index contributed by atoms with van der Waals surface area (Å²) in [5.41, 5.74) is 1.16. The lowest BCUT2D eigenvalue weighted by atomic mass is 9.98. The van der Waals surface area contributed by atoms with Crippen LogP contribution in [0.3, 0.4) is 0 Å². The minimum Gasteiger partial charge on any atom is -0.389 e. The number of nitrogens with zero attached hydrogens (tertiary/aromatic N) is 3. The Labute approximate surface area is 156 Å². The molecule has 1 aliphatic heterocycles. The zero-order valence-corrected chi connectivity index (χ0v) is 16.0. The van der Waals surface area contributed by atoms with Crippen molar-refractivity contribution >= 4 is 12.4 Å². The Morgan fingerprint density at radius 3 is 2.88 bits per heavy atom. The van der Waals surface area contributed by atoms with Gasteiger partial charge in [0.25, 0.3) is 0 Å². The largest absolute Gasteiger partial charge is 0.389 e. The molecule has 1 aromatic heterocycles. The highest BCUT2D eigenvalue weighted by atomic mass is 35.5. The van der Waals surface area contributed by atoms with Crippen molar-refractivity contribution in [2.45, 2.75) is 63.9 Å².